The maximum atomic E-state index is 2.00. The van der Waals surface area contributed by atoms with E-state index in [0.29, 0.717) is 0 Å². The minimum atomic E-state index is 0. The van der Waals surface area contributed by atoms with E-state index in [4.69, 9.17) is 0 Å². The molecule has 0 heterocycles. The van der Waals surface area contributed by atoms with Crippen LogP contribution in [0.5, 0.6) is 0 Å². The number of rotatable bonds is 0. The molecule has 0 heteroatoms. The maximum absolute atomic E-state index is 2.00. The van der Waals surface area contributed by atoms with Gasteiger partial charge >= 0.3 is 0 Å². The first-order valence-corrected chi connectivity index (χ1v) is 8.40. The van der Waals surface area contributed by atoms with Gasteiger partial charge in [-0.25, -0.2) is 0 Å². The van der Waals surface area contributed by atoms with Gasteiger partial charge in [-0.2, -0.15) is 0 Å². The molecule has 0 unspecified atom stereocenters. The summed E-state index contributed by atoms with van der Waals surface area (Å²) in [7, 11) is 0. The summed E-state index contributed by atoms with van der Waals surface area (Å²) >= 11 is 0. The molecule has 0 aliphatic heterocycles. The van der Waals surface area contributed by atoms with Crippen molar-refractivity contribution in [1.82, 2.24) is 0 Å². The molecule has 0 aromatic carbocycles. The van der Waals surface area contributed by atoms with Crippen molar-refractivity contribution in [3.8, 4) is 0 Å². The molecule has 18 heavy (non-hydrogen) atoms. The largest absolute Gasteiger partial charge is 0.0776 e. The van der Waals surface area contributed by atoms with Gasteiger partial charge in [0.1, 0.15) is 0 Å². The lowest BCUT2D eigenvalue weighted by Gasteiger charge is -2.49. The van der Waals surface area contributed by atoms with Crippen LogP contribution in [0.1, 0.15) is 92.9 Å². The van der Waals surface area contributed by atoms with Crippen molar-refractivity contribution < 1.29 is 0 Å². The van der Waals surface area contributed by atoms with Crippen LogP contribution in [0.3, 0.4) is 0 Å². The summed E-state index contributed by atoms with van der Waals surface area (Å²) in [5.74, 6) is 4.72. The highest BCUT2D eigenvalue weighted by Gasteiger charge is 2.41. The summed E-state index contributed by atoms with van der Waals surface area (Å²) in [6, 6.07) is 0. The number of fused-ring (bicyclic) bond motifs is 3. The second kappa shape index (κ2) is 9.87. The fourth-order valence-corrected chi connectivity index (χ4v) is 3.49. The zero-order valence-electron chi connectivity index (χ0n) is 12.7. The molecule has 0 nitrogen and oxygen atoms in total. The third kappa shape index (κ3) is 4.94. The van der Waals surface area contributed by atoms with E-state index in [0.717, 1.165) is 11.8 Å². The second-order valence-electron chi connectivity index (χ2n) is 5.90. The standard InChI is InChI=1S/C8H14.C5H8.2C2H6.CH4/c1-2-8-5-3-7(1)4-6-8;1-4-2-5(1)3-4;2*1-2;/h7-8H,1-6H2;4-5H,1-3H2;2*1-2H3;1H4. The molecule has 0 aromatic rings. The molecule has 0 atom stereocenters. The molecule has 0 aromatic heterocycles. The van der Waals surface area contributed by atoms with Crippen LogP contribution in [-0.4, -0.2) is 0 Å². The summed E-state index contributed by atoms with van der Waals surface area (Å²) < 4.78 is 0. The average Bonchev–Trinajstić information content (AvgIpc) is 2.33. The van der Waals surface area contributed by atoms with Gasteiger partial charge < -0.3 is 0 Å². The van der Waals surface area contributed by atoms with E-state index in [9.17, 15) is 0 Å². The predicted octanol–water partition coefficient (Wildman–Crippen LogP) is 6.69. The minimum absolute atomic E-state index is 0. The van der Waals surface area contributed by atoms with Crippen LogP contribution in [0.25, 0.3) is 0 Å². The molecule has 110 valence electrons. The summed E-state index contributed by atoms with van der Waals surface area (Å²) in [5, 5.41) is 0. The first kappa shape index (κ1) is 18.0. The summed E-state index contributed by atoms with van der Waals surface area (Å²) in [5.41, 5.74) is 0. The summed E-state index contributed by atoms with van der Waals surface area (Å²) in [6.07, 6.45) is 14.1. The van der Waals surface area contributed by atoms with Crippen LogP contribution in [0.4, 0.5) is 0 Å². The highest BCUT2D eigenvalue weighted by Crippen LogP contribution is 2.52. The second-order valence-corrected chi connectivity index (χ2v) is 5.90. The molecule has 6 fully saturated rings. The molecule has 6 aliphatic carbocycles. The first-order chi connectivity index (χ1) is 8.40. The van der Waals surface area contributed by atoms with Crippen LogP contribution < -0.4 is 0 Å². The van der Waals surface area contributed by atoms with E-state index in [2.05, 4.69) is 0 Å². The van der Waals surface area contributed by atoms with Crippen LogP contribution in [-0.2, 0) is 0 Å². The van der Waals surface area contributed by atoms with Gasteiger partial charge in [0.25, 0.3) is 0 Å². The minimum Gasteiger partial charge on any atom is -0.0776 e. The van der Waals surface area contributed by atoms with E-state index >= 15 is 0 Å². The third-order valence-corrected chi connectivity index (χ3v) is 4.95. The van der Waals surface area contributed by atoms with E-state index in [1.165, 1.54) is 11.8 Å². The van der Waals surface area contributed by atoms with Gasteiger partial charge in [0, 0.05) is 0 Å². The topological polar surface area (TPSA) is 0 Å². The highest BCUT2D eigenvalue weighted by atomic mass is 14.5. The normalized spacial score (nSPS) is 36.7. The van der Waals surface area contributed by atoms with E-state index < -0.39 is 0 Å². The van der Waals surface area contributed by atoms with Crippen molar-refractivity contribution in [2.24, 2.45) is 23.7 Å². The fraction of sp³-hybridized carbons (Fsp3) is 1.00. The molecule has 0 radical (unpaired) electrons. The predicted molar refractivity (Wildman–Crippen MR) is 84.9 cm³/mol. The van der Waals surface area contributed by atoms with Gasteiger partial charge in [-0.15, -0.1) is 0 Å². The lowest BCUT2D eigenvalue weighted by molar-refractivity contribution is 0.0198. The quantitative estimate of drug-likeness (QED) is 0.451. The molecule has 0 spiro atoms. The molecule has 6 aliphatic rings. The van der Waals surface area contributed by atoms with Crippen molar-refractivity contribution in [2.45, 2.75) is 92.9 Å². The van der Waals surface area contributed by atoms with Crippen LogP contribution >= 0.6 is 0 Å². The molecular formula is C18H38. The zero-order chi connectivity index (χ0) is 12.7. The third-order valence-electron chi connectivity index (χ3n) is 4.95. The molecule has 4 bridgehead atoms. The Labute approximate surface area is 117 Å². The number of hydrogen-bond donors (Lipinski definition) is 0. The van der Waals surface area contributed by atoms with Gasteiger partial charge in [0.2, 0.25) is 0 Å². The molecule has 6 saturated carbocycles. The van der Waals surface area contributed by atoms with E-state index in [1.54, 1.807) is 57.8 Å². The molecular weight excluding hydrogens is 216 g/mol. The molecule has 0 saturated heterocycles. The Morgan fingerprint density at radius 3 is 0.667 bits per heavy atom. The lowest BCUT2D eigenvalue weighted by Crippen LogP contribution is -2.38. The Bertz CT molecular complexity index is 133. The van der Waals surface area contributed by atoms with Crippen molar-refractivity contribution in [2.75, 3.05) is 0 Å². The SMILES string of the molecule is C.C1C2CC1C2.C1CC2CCC1CC2.CC.CC. The van der Waals surface area contributed by atoms with Crippen molar-refractivity contribution in [3.63, 3.8) is 0 Å². The van der Waals surface area contributed by atoms with Gasteiger partial charge in [0.05, 0.1) is 0 Å². The van der Waals surface area contributed by atoms with Gasteiger partial charge in [-0.1, -0.05) is 73.6 Å². The fourth-order valence-electron chi connectivity index (χ4n) is 3.49. The van der Waals surface area contributed by atoms with Crippen molar-refractivity contribution in [3.05, 3.63) is 0 Å². The van der Waals surface area contributed by atoms with Gasteiger partial charge in [-0.05, 0) is 42.9 Å². The zero-order valence-corrected chi connectivity index (χ0v) is 12.7. The van der Waals surface area contributed by atoms with Crippen LogP contribution in [0.2, 0.25) is 0 Å². The number of hydrogen-bond acceptors (Lipinski definition) is 0. The maximum Gasteiger partial charge on any atom is -0.0406 e. The first-order valence-electron chi connectivity index (χ1n) is 8.40. The Kier molecular flexibility index (Phi) is 9.87. The highest BCUT2D eigenvalue weighted by molar-refractivity contribution is 4.92. The molecule has 0 N–H and O–H groups in total. The average molecular weight is 255 g/mol. The van der Waals surface area contributed by atoms with Crippen LogP contribution in [0, 0.1) is 23.7 Å². The van der Waals surface area contributed by atoms with Gasteiger partial charge in [-0.3, -0.25) is 0 Å². The Morgan fingerprint density at radius 2 is 0.611 bits per heavy atom. The lowest BCUT2D eigenvalue weighted by atomic mass is 9.56. The van der Waals surface area contributed by atoms with Crippen LogP contribution in [0.15, 0.2) is 0 Å². The molecule has 0 amide bonds. The van der Waals surface area contributed by atoms with Crippen molar-refractivity contribution >= 4 is 0 Å². The summed E-state index contributed by atoms with van der Waals surface area (Å²) in [6.45, 7) is 8.00. The Hall–Kier alpha value is 0. The monoisotopic (exact) mass is 254 g/mol. The molecule has 6 rings (SSSR count). The Morgan fingerprint density at radius 1 is 0.444 bits per heavy atom. The van der Waals surface area contributed by atoms with Gasteiger partial charge in [0.15, 0.2) is 0 Å². The Balaban J connectivity index is 0.000000253. The summed E-state index contributed by atoms with van der Waals surface area (Å²) in [4.78, 5) is 0. The van der Waals surface area contributed by atoms with E-state index in [1.807, 2.05) is 27.7 Å². The van der Waals surface area contributed by atoms with E-state index in [-0.39, 0.29) is 7.43 Å². The smallest absolute Gasteiger partial charge is 0.0406 e. The van der Waals surface area contributed by atoms with Crippen molar-refractivity contribution in [1.29, 1.82) is 0 Å².